The summed E-state index contributed by atoms with van der Waals surface area (Å²) in [6, 6.07) is 4.40. The van der Waals surface area contributed by atoms with E-state index in [1.54, 1.807) is 0 Å². The van der Waals surface area contributed by atoms with E-state index in [1.807, 2.05) is 0 Å². The lowest BCUT2D eigenvalue weighted by Crippen LogP contribution is -2.28. The highest BCUT2D eigenvalue weighted by Crippen LogP contribution is 2.33. The second-order valence-corrected chi connectivity index (χ2v) is 6.52. The van der Waals surface area contributed by atoms with Gasteiger partial charge in [-0.2, -0.15) is 0 Å². The first kappa shape index (κ1) is 15.4. The van der Waals surface area contributed by atoms with Crippen LogP contribution in [-0.2, 0) is 0 Å². The zero-order valence-corrected chi connectivity index (χ0v) is 12.0. The Morgan fingerprint density at radius 1 is 1.29 bits per heavy atom. The molecule has 1 aromatic carbocycles. The van der Waals surface area contributed by atoms with Crippen LogP contribution in [0.4, 0.5) is 0 Å². The van der Waals surface area contributed by atoms with Gasteiger partial charge in [-0.3, -0.25) is 4.79 Å². The van der Waals surface area contributed by atoms with Crippen LogP contribution in [0, 0.1) is 0 Å². The molecule has 0 aromatic heterocycles. The number of hydrogen-bond donors (Lipinski definition) is 1. The fourth-order valence-corrected chi connectivity index (χ4v) is 1.86. The Morgan fingerprint density at radius 3 is 2.35 bits per heavy atom. The number of aliphatic hydroxyl groups excluding tert-OH is 1. The van der Waals surface area contributed by atoms with Gasteiger partial charge in [-0.25, -0.2) is 0 Å². The molecular formula is C10H7Cl5O2. The van der Waals surface area contributed by atoms with Crippen molar-refractivity contribution in [2.24, 2.45) is 0 Å². The molecule has 0 fully saturated rings. The number of halogens is 5. The molecule has 1 rings (SSSR count). The van der Waals surface area contributed by atoms with Crippen molar-refractivity contribution in [1.82, 2.24) is 0 Å². The molecule has 1 unspecified atom stereocenters. The lowest BCUT2D eigenvalue weighted by Gasteiger charge is -2.18. The number of carbonyl (C=O) groups excluding carboxylic acids is 1. The number of rotatable bonds is 3. The highest BCUT2D eigenvalue weighted by Gasteiger charge is 2.33. The maximum atomic E-state index is 11.8. The first-order valence-electron chi connectivity index (χ1n) is 4.45. The monoisotopic (exact) mass is 334 g/mol. The highest BCUT2D eigenvalue weighted by molar-refractivity contribution is 6.68. The fraction of sp³-hybridized carbons (Fsp3) is 0.300. The molecule has 0 spiro atoms. The Morgan fingerprint density at radius 2 is 1.88 bits per heavy atom. The number of benzene rings is 1. The van der Waals surface area contributed by atoms with Gasteiger partial charge in [0.1, 0.15) is 6.10 Å². The summed E-state index contributed by atoms with van der Waals surface area (Å²) < 4.78 is -1.91. The summed E-state index contributed by atoms with van der Waals surface area (Å²) >= 11 is 27.9. The number of carbonyl (C=O) groups is 1. The smallest absolute Gasteiger partial charge is 0.216 e. The van der Waals surface area contributed by atoms with E-state index in [0.717, 1.165) is 0 Å². The van der Waals surface area contributed by atoms with E-state index >= 15 is 0 Å². The maximum Gasteiger partial charge on any atom is 0.216 e. The minimum absolute atomic E-state index is 0.194. The van der Waals surface area contributed by atoms with Gasteiger partial charge in [-0.1, -0.05) is 58.0 Å². The van der Waals surface area contributed by atoms with Crippen LogP contribution in [0.2, 0.25) is 10.0 Å². The van der Waals surface area contributed by atoms with Crippen LogP contribution in [0.5, 0.6) is 0 Å². The van der Waals surface area contributed by atoms with Crippen molar-refractivity contribution in [2.45, 2.75) is 16.3 Å². The van der Waals surface area contributed by atoms with Crippen LogP contribution >= 0.6 is 58.0 Å². The molecule has 0 aliphatic carbocycles. The number of alkyl halides is 3. The van der Waals surface area contributed by atoms with Crippen molar-refractivity contribution in [2.75, 3.05) is 0 Å². The summed E-state index contributed by atoms with van der Waals surface area (Å²) in [6.07, 6.45) is -1.73. The van der Waals surface area contributed by atoms with Gasteiger partial charge < -0.3 is 5.11 Å². The van der Waals surface area contributed by atoms with Gasteiger partial charge in [0.05, 0.1) is 5.02 Å². The molecule has 0 saturated heterocycles. The third-order valence-electron chi connectivity index (χ3n) is 1.99. The van der Waals surface area contributed by atoms with Crippen molar-refractivity contribution in [1.29, 1.82) is 0 Å². The predicted octanol–water partition coefficient (Wildman–Crippen LogP) is 4.30. The Kier molecular flexibility index (Phi) is 5.39. The fourth-order valence-electron chi connectivity index (χ4n) is 1.12. The third kappa shape index (κ3) is 4.47. The van der Waals surface area contributed by atoms with Crippen LogP contribution in [0.3, 0.4) is 0 Å². The normalized spacial score (nSPS) is 13.5. The van der Waals surface area contributed by atoms with Gasteiger partial charge in [0, 0.05) is 17.0 Å². The highest BCUT2D eigenvalue weighted by atomic mass is 35.6. The van der Waals surface area contributed by atoms with Crippen molar-refractivity contribution in [3.63, 3.8) is 0 Å². The number of aliphatic hydroxyl groups is 1. The number of ketones is 1. The molecule has 0 heterocycles. The lowest BCUT2D eigenvalue weighted by molar-refractivity contribution is 0.0885. The second kappa shape index (κ2) is 5.96. The minimum Gasteiger partial charge on any atom is -0.388 e. The summed E-state index contributed by atoms with van der Waals surface area (Å²) in [5, 5.41) is 10.1. The molecule has 0 amide bonds. The van der Waals surface area contributed by atoms with Crippen LogP contribution in [0.25, 0.3) is 0 Å². The largest absolute Gasteiger partial charge is 0.388 e. The van der Waals surface area contributed by atoms with Gasteiger partial charge in [0.15, 0.2) is 5.78 Å². The van der Waals surface area contributed by atoms with Crippen molar-refractivity contribution in [3.8, 4) is 0 Å². The summed E-state index contributed by atoms with van der Waals surface area (Å²) in [4.78, 5) is 11.8. The summed E-state index contributed by atoms with van der Waals surface area (Å²) in [5.41, 5.74) is 0.226. The maximum absolute atomic E-state index is 11.8. The van der Waals surface area contributed by atoms with E-state index in [4.69, 9.17) is 58.0 Å². The van der Waals surface area contributed by atoms with E-state index in [1.165, 1.54) is 18.2 Å². The van der Waals surface area contributed by atoms with Crippen molar-refractivity contribution in [3.05, 3.63) is 33.8 Å². The summed E-state index contributed by atoms with van der Waals surface area (Å²) in [5.74, 6) is -0.425. The van der Waals surface area contributed by atoms with Crippen molar-refractivity contribution < 1.29 is 9.90 Å². The summed E-state index contributed by atoms with van der Waals surface area (Å²) in [7, 11) is 0. The van der Waals surface area contributed by atoms with Gasteiger partial charge in [-0.15, -0.1) is 0 Å². The van der Waals surface area contributed by atoms with Gasteiger partial charge in [0.25, 0.3) is 0 Å². The van der Waals surface area contributed by atoms with Crippen LogP contribution < -0.4 is 0 Å². The average molecular weight is 336 g/mol. The Balaban J connectivity index is 2.84. The molecule has 1 N–H and O–H groups in total. The molecule has 17 heavy (non-hydrogen) atoms. The zero-order valence-electron chi connectivity index (χ0n) is 8.26. The summed E-state index contributed by atoms with van der Waals surface area (Å²) in [6.45, 7) is 0. The SMILES string of the molecule is O=C(CC(O)C(Cl)(Cl)Cl)c1ccc(Cl)cc1Cl. The van der Waals surface area contributed by atoms with E-state index in [9.17, 15) is 9.90 Å². The lowest BCUT2D eigenvalue weighted by atomic mass is 10.1. The van der Waals surface area contributed by atoms with Gasteiger partial charge in [0.2, 0.25) is 3.79 Å². The van der Waals surface area contributed by atoms with E-state index < -0.39 is 15.7 Å². The van der Waals surface area contributed by atoms with Crippen LogP contribution in [-0.4, -0.2) is 20.8 Å². The molecular weight excluding hydrogens is 329 g/mol. The van der Waals surface area contributed by atoms with E-state index in [-0.39, 0.29) is 17.0 Å². The number of hydrogen-bond acceptors (Lipinski definition) is 2. The second-order valence-electron chi connectivity index (χ2n) is 3.31. The predicted molar refractivity (Wildman–Crippen MR) is 71.7 cm³/mol. The molecule has 0 aliphatic heterocycles. The average Bonchev–Trinajstić information content (AvgIpc) is 2.15. The number of Topliss-reactive ketones (excluding diaryl/α,β-unsaturated/α-hetero) is 1. The Hall–Kier alpha value is 0.300. The Labute approximate surface area is 123 Å². The van der Waals surface area contributed by atoms with Crippen LogP contribution in [0.15, 0.2) is 18.2 Å². The quantitative estimate of drug-likeness (QED) is 0.660. The zero-order chi connectivity index (χ0) is 13.2. The molecule has 2 nitrogen and oxygen atoms in total. The van der Waals surface area contributed by atoms with Crippen molar-refractivity contribution >= 4 is 63.8 Å². The van der Waals surface area contributed by atoms with Gasteiger partial charge >= 0.3 is 0 Å². The van der Waals surface area contributed by atoms with Crippen LogP contribution in [0.1, 0.15) is 16.8 Å². The van der Waals surface area contributed by atoms with E-state index in [0.29, 0.717) is 5.02 Å². The first-order valence-corrected chi connectivity index (χ1v) is 6.34. The molecule has 0 bridgehead atoms. The topological polar surface area (TPSA) is 37.3 Å². The molecule has 1 aromatic rings. The standard InChI is InChI=1S/C10H7Cl5O2/c11-5-1-2-6(7(12)3-5)8(16)4-9(17)10(13,14)15/h1-3,9,17H,4H2. The molecule has 1 atom stereocenters. The first-order chi connectivity index (χ1) is 7.71. The van der Waals surface area contributed by atoms with Gasteiger partial charge in [-0.05, 0) is 18.2 Å². The van der Waals surface area contributed by atoms with E-state index in [2.05, 4.69) is 0 Å². The third-order valence-corrected chi connectivity index (χ3v) is 3.29. The molecule has 0 saturated carbocycles. The molecule has 0 aliphatic rings. The Bertz CT molecular complexity index is 427. The molecule has 94 valence electrons. The molecule has 7 heteroatoms. The minimum atomic E-state index is -1.91. The molecule has 0 radical (unpaired) electrons.